The summed E-state index contributed by atoms with van der Waals surface area (Å²) >= 11 is 0. The fraction of sp³-hybridized carbons (Fsp3) is 0.867. The number of fused-ring (bicyclic) bond motifs is 1. The van der Waals surface area contributed by atoms with Crippen molar-refractivity contribution in [3.63, 3.8) is 0 Å². The Morgan fingerprint density at radius 1 is 1.47 bits per heavy atom. The minimum atomic E-state index is -0.314. The van der Waals surface area contributed by atoms with Gasteiger partial charge in [-0.1, -0.05) is 32.4 Å². The van der Waals surface area contributed by atoms with Crippen LogP contribution in [0, 0.1) is 17.8 Å². The van der Waals surface area contributed by atoms with Gasteiger partial charge in [-0.05, 0) is 38.0 Å². The molecule has 17 heavy (non-hydrogen) atoms. The predicted molar refractivity (Wildman–Crippen MR) is 67.7 cm³/mol. The summed E-state index contributed by atoms with van der Waals surface area (Å²) in [6.45, 7) is 8.83. The van der Waals surface area contributed by atoms with E-state index in [9.17, 15) is 5.11 Å². The average Bonchev–Trinajstić information content (AvgIpc) is 2.70. The average molecular weight is 236 g/mol. The summed E-state index contributed by atoms with van der Waals surface area (Å²) in [5, 5.41) is 10.8. The molecule has 0 unspecified atom stereocenters. The van der Waals surface area contributed by atoms with Gasteiger partial charge in [0.1, 0.15) is 0 Å². The van der Waals surface area contributed by atoms with Crippen LogP contribution >= 0.6 is 0 Å². The number of hydrogen-bond donors (Lipinski definition) is 1. The van der Waals surface area contributed by atoms with Crippen molar-refractivity contribution in [2.24, 2.45) is 17.8 Å². The molecule has 2 nitrogen and oxygen atoms in total. The van der Waals surface area contributed by atoms with Crippen LogP contribution in [0.1, 0.15) is 47.0 Å². The first-order valence-corrected chi connectivity index (χ1v) is 6.99. The highest BCUT2D eigenvalue weighted by atomic mass is 16.6. The van der Waals surface area contributed by atoms with E-state index in [1.165, 1.54) is 12.0 Å². The van der Waals surface area contributed by atoms with Crippen molar-refractivity contribution < 1.29 is 9.84 Å². The molecule has 2 heteroatoms. The molecular weight excluding hydrogens is 212 g/mol. The zero-order valence-corrected chi connectivity index (χ0v) is 11.4. The maximum atomic E-state index is 10.8. The minimum absolute atomic E-state index is 0.0913. The van der Waals surface area contributed by atoms with E-state index in [1.807, 2.05) is 0 Å². The van der Waals surface area contributed by atoms with Crippen molar-refractivity contribution in [3.8, 4) is 0 Å². The van der Waals surface area contributed by atoms with Crippen molar-refractivity contribution >= 4 is 0 Å². The molecule has 96 valence electrons. The van der Waals surface area contributed by atoms with Gasteiger partial charge in [-0.25, -0.2) is 0 Å². The molecule has 2 bridgehead atoms. The van der Waals surface area contributed by atoms with Crippen LogP contribution < -0.4 is 0 Å². The molecule has 2 aliphatic heterocycles. The molecule has 5 atom stereocenters. The minimum Gasteiger partial charge on any atom is -0.389 e. The van der Waals surface area contributed by atoms with Gasteiger partial charge in [0.2, 0.25) is 0 Å². The maximum Gasteiger partial charge on any atom is 0.0978 e. The van der Waals surface area contributed by atoms with Crippen molar-refractivity contribution in [3.05, 3.63) is 11.6 Å². The summed E-state index contributed by atoms with van der Waals surface area (Å²) in [6.07, 6.45) is 5.16. The number of hydrogen-bond acceptors (Lipinski definition) is 2. The molecule has 1 N–H and O–H groups in total. The fourth-order valence-corrected chi connectivity index (χ4v) is 4.52. The van der Waals surface area contributed by atoms with Crippen molar-refractivity contribution in [1.82, 2.24) is 0 Å². The zero-order chi connectivity index (χ0) is 12.4. The first-order chi connectivity index (χ1) is 7.94. The van der Waals surface area contributed by atoms with Crippen LogP contribution in [0.5, 0.6) is 0 Å². The van der Waals surface area contributed by atoms with Crippen LogP contribution in [0.15, 0.2) is 11.6 Å². The third-order valence-corrected chi connectivity index (χ3v) is 5.74. The van der Waals surface area contributed by atoms with E-state index in [2.05, 4.69) is 33.8 Å². The lowest BCUT2D eigenvalue weighted by Gasteiger charge is -2.46. The van der Waals surface area contributed by atoms with Crippen LogP contribution in [0.4, 0.5) is 0 Å². The van der Waals surface area contributed by atoms with Crippen LogP contribution in [-0.2, 0) is 4.74 Å². The lowest BCUT2D eigenvalue weighted by atomic mass is 9.76. The Kier molecular flexibility index (Phi) is 2.32. The molecule has 2 saturated heterocycles. The summed E-state index contributed by atoms with van der Waals surface area (Å²) in [4.78, 5) is 0. The third kappa shape index (κ3) is 1.18. The molecule has 3 rings (SSSR count). The van der Waals surface area contributed by atoms with E-state index in [0.29, 0.717) is 11.8 Å². The highest BCUT2D eigenvalue weighted by Gasteiger charge is 2.68. The van der Waals surface area contributed by atoms with Gasteiger partial charge in [-0.15, -0.1) is 0 Å². The molecule has 0 radical (unpaired) electrons. The summed E-state index contributed by atoms with van der Waals surface area (Å²) in [7, 11) is 0. The number of aliphatic hydroxyl groups excluding tert-OH is 1. The van der Waals surface area contributed by atoms with Crippen molar-refractivity contribution in [2.45, 2.75) is 64.3 Å². The van der Waals surface area contributed by atoms with Gasteiger partial charge in [0.25, 0.3) is 0 Å². The fourth-order valence-electron chi connectivity index (χ4n) is 4.52. The smallest absolute Gasteiger partial charge is 0.0978 e. The van der Waals surface area contributed by atoms with Gasteiger partial charge < -0.3 is 9.84 Å². The SMILES string of the molecule is CC1=CC[C@@]23O[C@@](C(C)C)(CC[C@H]2C)[C@H](O)[C@H]13. The molecule has 1 aliphatic carbocycles. The number of ether oxygens (including phenoxy) is 1. The third-order valence-electron chi connectivity index (χ3n) is 5.74. The molecule has 1 spiro atoms. The molecule has 2 heterocycles. The molecule has 0 saturated carbocycles. The first kappa shape index (κ1) is 11.7. The summed E-state index contributed by atoms with van der Waals surface area (Å²) in [6, 6.07) is 0. The summed E-state index contributed by atoms with van der Waals surface area (Å²) < 4.78 is 6.55. The van der Waals surface area contributed by atoms with Crippen LogP contribution in [-0.4, -0.2) is 22.4 Å². The molecule has 0 aromatic carbocycles. The zero-order valence-electron chi connectivity index (χ0n) is 11.4. The summed E-state index contributed by atoms with van der Waals surface area (Å²) in [5.74, 6) is 1.19. The number of rotatable bonds is 1. The molecule has 2 fully saturated rings. The van der Waals surface area contributed by atoms with E-state index < -0.39 is 0 Å². The monoisotopic (exact) mass is 236 g/mol. The molecular formula is C15H24O2. The Morgan fingerprint density at radius 3 is 2.82 bits per heavy atom. The molecule has 0 aromatic rings. The van der Waals surface area contributed by atoms with E-state index in [1.54, 1.807) is 0 Å². The molecule has 0 aromatic heterocycles. The standard InChI is InChI=1S/C15H24O2/c1-9(2)14-8-6-11(4)15(17-14)7-5-10(3)12(15)13(14)16/h5,9,11-13,16H,6-8H2,1-4H3/t11-,12+,13-,14-,15-/m1/s1. The van der Waals surface area contributed by atoms with E-state index in [4.69, 9.17) is 4.74 Å². The first-order valence-electron chi connectivity index (χ1n) is 6.99. The highest BCUT2D eigenvalue weighted by molar-refractivity contribution is 5.30. The summed E-state index contributed by atoms with van der Waals surface area (Å²) in [5.41, 5.74) is 0.965. The normalized spacial score (nSPS) is 52.8. The second-order valence-electron chi connectivity index (χ2n) is 6.68. The van der Waals surface area contributed by atoms with E-state index >= 15 is 0 Å². The second kappa shape index (κ2) is 3.36. The van der Waals surface area contributed by atoms with Crippen molar-refractivity contribution in [1.29, 1.82) is 0 Å². The Morgan fingerprint density at radius 2 is 2.18 bits per heavy atom. The van der Waals surface area contributed by atoms with Crippen LogP contribution in [0.3, 0.4) is 0 Å². The van der Waals surface area contributed by atoms with Gasteiger partial charge in [-0.2, -0.15) is 0 Å². The van der Waals surface area contributed by atoms with E-state index in [0.717, 1.165) is 12.8 Å². The molecule has 0 amide bonds. The van der Waals surface area contributed by atoms with Gasteiger partial charge in [0, 0.05) is 5.92 Å². The Hall–Kier alpha value is -0.340. The Balaban J connectivity index is 2.09. The largest absolute Gasteiger partial charge is 0.389 e. The van der Waals surface area contributed by atoms with E-state index in [-0.39, 0.29) is 23.2 Å². The topological polar surface area (TPSA) is 29.5 Å². The highest BCUT2D eigenvalue weighted by Crippen LogP contribution is 2.62. The maximum absolute atomic E-state index is 10.8. The molecule has 3 aliphatic rings. The Bertz CT molecular complexity index is 373. The van der Waals surface area contributed by atoms with Gasteiger partial charge in [-0.3, -0.25) is 0 Å². The second-order valence-corrected chi connectivity index (χ2v) is 6.68. The van der Waals surface area contributed by atoms with Crippen LogP contribution in [0.2, 0.25) is 0 Å². The lowest BCUT2D eigenvalue weighted by Crippen LogP contribution is -2.50. The Labute approximate surface area is 104 Å². The quantitative estimate of drug-likeness (QED) is 0.709. The van der Waals surface area contributed by atoms with Crippen LogP contribution in [0.25, 0.3) is 0 Å². The number of aliphatic hydroxyl groups is 1. The van der Waals surface area contributed by atoms with Gasteiger partial charge in [0.15, 0.2) is 0 Å². The predicted octanol–water partition coefficient (Wildman–Crippen LogP) is 2.91. The van der Waals surface area contributed by atoms with Gasteiger partial charge >= 0.3 is 0 Å². The van der Waals surface area contributed by atoms with Gasteiger partial charge in [0.05, 0.1) is 17.3 Å². The van der Waals surface area contributed by atoms with Crippen molar-refractivity contribution in [2.75, 3.05) is 0 Å². The lowest BCUT2D eigenvalue weighted by molar-refractivity contribution is -0.197.